The highest BCUT2D eigenvalue weighted by Gasteiger charge is 2.24. The molecule has 1 fully saturated rings. The Labute approximate surface area is 174 Å². The summed E-state index contributed by atoms with van der Waals surface area (Å²) in [6.45, 7) is 2.52. The Morgan fingerprint density at radius 1 is 1.17 bits per heavy atom. The highest BCUT2D eigenvalue weighted by atomic mass is 32.2. The van der Waals surface area contributed by atoms with E-state index < -0.39 is 5.91 Å². The first-order valence-corrected chi connectivity index (χ1v) is 10.6. The number of methoxy groups -OCH3 is 2. The van der Waals surface area contributed by atoms with Crippen LogP contribution in [0.2, 0.25) is 0 Å². The normalized spacial score (nSPS) is 14.0. The van der Waals surface area contributed by atoms with Crippen molar-refractivity contribution in [1.82, 2.24) is 9.97 Å². The van der Waals surface area contributed by atoms with Crippen LogP contribution in [0.4, 0.5) is 5.82 Å². The fraction of sp³-hybridized carbons (Fsp3) is 0.450. The zero-order chi connectivity index (χ0) is 20.8. The highest BCUT2D eigenvalue weighted by Crippen LogP contribution is 2.29. The monoisotopic (exact) mass is 418 g/mol. The van der Waals surface area contributed by atoms with Gasteiger partial charge in [-0.25, -0.2) is 9.97 Å². The second-order valence-corrected chi connectivity index (χ2v) is 7.28. The van der Waals surface area contributed by atoms with Gasteiger partial charge in [0.1, 0.15) is 11.4 Å². The molecule has 156 valence electrons. The van der Waals surface area contributed by atoms with E-state index in [-0.39, 0.29) is 0 Å². The third kappa shape index (κ3) is 4.91. The fourth-order valence-corrected chi connectivity index (χ4v) is 3.68. The zero-order valence-electron chi connectivity index (χ0n) is 16.9. The van der Waals surface area contributed by atoms with Crippen LogP contribution in [0.3, 0.4) is 0 Å². The van der Waals surface area contributed by atoms with Crippen LogP contribution in [-0.4, -0.2) is 62.7 Å². The van der Waals surface area contributed by atoms with Gasteiger partial charge in [0.25, 0.3) is 5.91 Å². The molecule has 8 nitrogen and oxygen atoms in total. The molecule has 2 aromatic rings. The van der Waals surface area contributed by atoms with E-state index in [4.69, 9.17) is 19.9 Å². The molecular weight excluding hydrogens is 392 g/mol. The van der Waals surface area contributed by atoms with Gasteiger partial charge in [-0.1, -0.05) is 17.8 Å². The molecule has 1 aliphatic heterocycles. The van der Waals surface area contributed by atoms with Crippen molar-refractivity contribution in [2.24, 2.45) is 5.73 Å². The van der Waals surface area contributed by atoms with Crippen LogP contribution in [0.5, 0.6) is 11.5 Å². The number of ether oxygens (including phenoxy) is 3. The Hall–Kier alpha value is -2.52. The molecule has 0 saturated carbocycles. The van der Waals surface area contributed by atoms with Gasteiger partial charge in [0.2, 0.25) is 0 Å². The van der Waals surface area contributed by atoms with Crippen LogP contribution in [0.15, 0.2) is 23.4 Å². The molecule has 0 radical (unpaired) electrons. The van der Waals surface area contributed by atoms with Crippen molar-refractivity contribution in [3.8, 4) is 11.5 Å². The summed E-state index contributed by atoms with van der Waals surface area (Å²) in [5.74, 6) is 1.43. The summed E-state index contributed by atoms with van der Waals surface area (Å²) in [7, 11) is 3.21. The first-order valence-electron chi connectivity index (χ1n) is 9.35. The Balaban J connectivity index is 1.92. The number of hydrogen-bond donors (Lipinski definition) is 1. The minimum Gasteiger partial charge on any atom is -0.493 e. The molecule has 0 spiro atoms. The zero-order valence-corrected chi connectivity index (χ0v) is 17.8. The summed E-state index contributed by atoms with van der Waals surface area (Å²) in [6.07, 6.45) is 3.15. The van der Waals surface area contributed by atoms with Crippen LogP contribution in [0, 0.1) is 0 Å². The van der Waals surface area contributed by atoms with Crippen molar-refractivity contribution in [3.05, 3.63) is 35.0 Å². The van der Waals surface area contributed by atoms with E-state index in [0.717, 1.165) is 5.56 Å². The molecule has 0 aliphatic carbocycles. The van der Waals surface area contributed by atoms with E-state index in [2.05, 4.69) is 9.97 Å². The second kappa shape index (κ2) is 9.80. The average molecular weight is 419 g/mol. The summed E-state index contributed by atoms with van der Waals surface area (Å²) in [5, 5.41) is 0.624. The lowest BCUT2D eigenvalue weighted by atomic mass is 10.0. The van der Waals surface area contributed by atoms with Gasteiger partial charge in [-0.2, -0.15) is 0 Å². The number of nitrogens with two attached hydrogens (primary N) is 1. The Morgan fingerprint density at radius 2 is 1.90 bits per heavy atom. The summed E-state index contributed by atoms with van der Waals surface area (Å²) < 4.78 is 16.1. The van der Waals surface area contributed by atoms with E-state index >= 15 is 0 Å². The molecular formula is C20H26N4O4S. The number of carbonyl (C=O) groups excluding carboxylic acids is 1. The summed E-state index contributed by atoms with van der Waals surface area (Å²) >= 11 is 1.45. The molecule has 1 aliphatic rings. The topological polar surface area (TPSA) is 99.8 Å². The SMILES string of the molecule is COc1ccc(CCc2nc(SC)nc(N3CCOCC3)c2C(N)=O)cc1OC. The van der Waals surface area contributed by atoms with Gasteiger partial charge in [-0.3, -0.25) is 4.79 Å². The molecule has 0 atom stereocenters. The molecule has 1 aromatic heterocycles. The maximum Gasteiger partial charge on any atom is 0.254 e. The van der Waals surface area contributed by atoms with Gasteiger partial charge >= 0.3 is 0 Å². The van der Waals surface area contributed by atoms with E-state index in [0.29, 0.717) is 72.9 Å². The van der Waals surface area contributed by atoms with Gasteiger partial charge in [-0.15, -0.1) is 0 Å². The van der Waals surface area contributed by atoms with Crippen LogP contribution >= 0.6 is 11.8 Å². The number of hydrogen-bond acceptors (Lipinski definition) is 8. The summed E-state index contributed by atoms with van der Waals surface area (Å²) in [6, 6.07) is 5.78. The van der Waals surface area contributed by atoms with Gasteiger partial charge < -0.3 is 24.8 Å². The van der Waals surface area contributed by atoms with Crippen molar-refractivity contribution in [3.63, 3.8) is 0 Å². The quantitative estimate of drug-likeness (QED) is 0.513. The number of morpholine rings is 1. The van der Waals surface area contributed by atoms with Crippen LogP contribution < -0.4 is 20.1 Å². The van der Waals surface area contributed by atoms with E-state index in [1.807, 2.05) is 29.4 Å². The van der Waals surface area contributed by atoms with Crippen LogP contribution in [0.1, 0.15) is 21.6 Å². The number of benzene rings is 1. The van der Waals surface area contributed by atoms with Gasteiger partial charge in [0.05, 0.1) is 33.1 Å². The van der Waals surface area contributed by atoms with Crippen molar-refractivity contribution >= 4 is 23.5 Å². The van der Waals surface area contributed by atoms with Crippen molar-refractivity contribution < 1.29 is 19.0 Å². The minimum absolute atomic E-state index is 0.394. The largest absolute Gasteiger partial charge is 0.493 e. The maximum atomic E-state index is 12.3. The van der Waals surface area contributed by atoms with Crippen LogP contribution in [0.25, 0.3) is 0 Å². The number of nitrogens with zero attached hydrogens (tertiary/aromatic N) is 3. The van der Waals surface area contributed by atoms with E-state index in [9.17, 15) is 4.79 Å². The average Bonchev–Trinajstić information content (AvgIpc) is 2.77. The number of aromatic nitrogens is 2. The predicted molar refractivity (Wildman–Crippen MR) is 112 cm³/mol. The first-order chi connectivity index (χ1) is 14.1. The number of carbonyl (C=O) groups is 1. The molecule has 1 saturated heterocycles. The lowest BCUT2D eigenvalue weighted by Crippen LogP contribution is -2.38. The standard InChI is InChI=1S/C20H26N4O4S/c1-26-15-7-5-13(12-16(15)27-2)4-6-14-17(18(21)25)19(23-20(22-14)29-3)24-8-10-28-11-9-24/h5,7,12H,4,6,8-11H2,1-3H3,(H2,21,25). The van der Waals surface area contributed by atoms with Crippen LogP contribution in [-0.2, 0) is 17.6 Å². The minimum atomic E-state index is -0.513. The molecule has 0 unspecified atom stereocenters. The van der Waals surface area contributed by atoms with Gasteiger partial charge in [-0.05, 0) is 36.8 Å². The number of thioether (sulfide) groups is 1. The second-order valence-electron chi connectivity index (χ2n) is 6.51. The van der Waals surface area contributed by atoms with Crippen molar-refractivity contribution in [2.45, 2.75) is 18.0 Å². The van der Waals surface area contributed by atoms with E-state index in [1.165, 1.54) is 11.8 Å². The highest BCUT2D eigenvalue weighted by molar-refractivity contribution is 7.98. The molecule has 0 bridgehead atoms. The smallest absolute Gasteiger partial charge is 0.254 e. The van der Waals surface area contributed by atoms with Gasteiger partial charge in [0.15, 0.2) is 16.7 Å². The maximum absolute atomic E-state index is 12.3. The predicted octanol–water partition coefficient (Wildman–Crippen LogP) is 1.94. The third-order valence-corrected chi connectivity index (χ3v) is 5.33. The Kier molecular flexibility index (Phi) is 7.16. The lowest BCUT2D eigenvalue weighted by Gasteiger charge is -2.29. The molecule has 9 heteroatoms. The number of aryl methyl sites for hydroxylation is 2. The lowest BCUT2D eigenvalue weighted by molar-refractivity contribution is 0.0996. The molecule has 3 rings (SSSR count). The summed E-state index contributed by atoms with van der Waals surface area (Å²) in [5.41, 5.74) is 7.85. The van der Waals surface area contributed by atoms with Gasteiger partial charge in [0, 0.05) is 13.1 Å². The third-order valence-electron chi connectivity index (χ3n) is 4.78. The molecule has 2 N–H and O–H groups in total. The summed E-state index contributed by atoms with van der Waals surface area (Å²) in [4.78, 5) is 23.6. The molecule has 29 heavy (non-hydrogen) atoms. The first kappa shape index (κ1) is 21.2. The van der Waals surface area contributed by atoms with E-state index in [1.54, 1.807) is 14.2 Å². The number of primary amides is 1. The fourth-order valence-electron chi connectivity index (χ4n) is 3.30. The number of amides is 1. The van der Waals surface area contributed by atoms with Crippen molar-refractivity contribution in [2.75, 3.05) is 51.7 Å². The Morgan fingerprint density at radius 3 is 2.52 bits per heavy atom. The Bertz CT molecular complexity index is 872. The molecule has 2 heterocycles. The number of rotatable bonds is 8. The number of anilines is 1. The van der Waals surface area contributed by atoms with Crippen molar-refractivity contribution in [1.29, 1.82) is 0 Å². The molecule has 1 aromatic carbocycles. The molecule has 1 amide bonds.